The van der Waals surface area contributed by atoms with Crippen molar-refractivity contribution in [2.75, 3.05) is 6.61 Å². The van der Waals surface area contributed by atoms with Crippen LogP contribution in [0.2, 0.25) is 0 Å². The summed E-state index contributed by atoms with van der Waals surface area (Å²) in [7, 11) is 0. The molecule has 1 N–H and O–H groups in total. The van der Waals surface area contributed by atoms with Crippen molar-refractivity contribution in [3.05, 3.63) is 46.6 Å². The molecule has 0 bridgehead atoms. The van der Waals surface area contributed by atoms with E-state index in [1.807, 2.05) is 26.8 Å². The Morgan fingerprint density at radius 3 is 2.66 bits per heavy atom. The number of ether oxygens (including phenoxy) is 3. The Kier molecular flexibility index (Phi) is 4.91. The largest absolute Gasteiger partial charge is 0.484 e. The van der Waals surface area contributed by atoms with E-state index in [-0.39, 0.29) is 34.4 Å². The van der Waals surface area contributed by atoms with Crippen molar-refractivity contribution >= 4 is 0 Å². The van der Waals surface area contributed by atoms with E-state index < -0.39 is 17.5 Å². The zero-order valence-corrected chi connectivity index (χ0v) is 21.2. The standard InChI is InChI=1S/C28H35NO6/c1-25(2)32-15-27(4)20-13-22(30)28(5)21(26(20,3)9-8-23(27)35-25)11-17-19(34-28)12-18(33-24(17)31)16-7-6-10-29-14-16/h6-7,10,12,14,20-23,30H,8-9,11,13,15H2,1-5H3/t20-,21-,22+,23+,26+,27+,28+/m1/s1. The molecular formula is C28H35NO6. The highest BCUT2D eigenvalue weighted by Gasteiger charge is 2.68. The summed E-state index contributed by atoms with van der Waals surface area (Å²) in [4.78, 5) is 17.3. The highest BCUT2D eigenvalue weighted by molar-refractivity contribution is 5.58. The van der Waals surface area contributed by atoms with Crippen LogP contribution in [0.3, 0.4) is 0 Å². The number of aromatic nitrogens is 1. The van der Waals surface area contributed by atoms with Gasteiger partial charge in [-0.05, 0) is 69.9 Å². The molecule has 2 aromatic heterocycles. The summed E-state index contributed by atoms with van der Waals surface area (Å²) in [5, 5.41) is 11.6. The van der Waals surface area contributed by atoms with Gasteiger partial charge in [-0.1, -0.05) is 13.8 Å². The molecule has 7 heteroatoms. The van der Waals surface area contributed by atoms with Crippen molar-refractivity contribution in [2.45, 2.75) is 83.9 Å². The molecule has 0 unspecified atom stereocenters. The Labute approximate surface area is 205 Å². The van der Waals surface area contributed by atoms with E-state index in [2.05, 4.69) is 18.8 Å². The molecular weight excluding hydrogens is 446 g/mol. The molecule has 1 saturated heterocycles. The highest BCUT2D eigenvalue weighted by Crippen LogP contribution is 2.66. The van der Waals surface area contributed by atoms with Gasteiger partial charge in [-0.3, -0.25) is 4.98 Å². The number of aliphatic hydroxyl groups excluding tert-OH is 1. The monoisotopic (exact) mass is 481 g/mol. The van der Waals surface area contributed by atoms with Gasteiger partial charge >= 0.3 is 5.63 Å². The van der Waals surface area contributed by atoms with Crippen LogP contribution in [-0.4, -0.2) is 40.3 Å². The Balaban J connectivity index is 1.40. The second kappa shape index (κ2) is 7.40. The maximum absolute atomic E-state index is 13.2. The summed E-state index contributed by atoms with van der Waals surface area (Å²) in [6, 6.07) is 5.43. The quantitative estimate of drug-likeness (QED) is 0.647. The number of rotatable bonds is 1. The van der Waals surface area contributed by atoms with Crippen LogP contribution >= 0.6 is 0 Å². The molecule has 188 valence electrons. The van der Waals surface area contributed by atoms with Crippen LogP contribution < -0.4 is 10.4 Å². The van der Waals surface area contributed by atoms with Gasteiger partial charge < -0.3 is 23.7 Å². The first-order valence-corrected chi connectivity index (χ1v) is 12.7. The van der Waals surface area contributed by atoms with Crippen molar-refractivity contribution in [1.29, 1.82) is 0 Å². The number of hydrogen-bond donors (Lipinski definition) is 1. The number of fused-ring (bicyclic) bond motifs is 6. The van der Waals surface area contributed by atoms with Crippen molar-refractivity contribution in [3.63, 3.8) is 0 Å². The van der Waals surface area contributed by atoms with E-state index in [1.165, 1.54) is 0 Å². The van der Waals surface area contributed by atoms with Crippen LogP contribution in [0.15, 0.2) is 39.8 Å². The van der Waals surface area contributed by atoms with Crippen molar-refractivity contribution in [1.82, 2.24) is 4.98 Å². The summed E-state index contributed by atoms with van der Waals surface area (Å²) in [5.74, 6) is 0.453. The molecule has 7 nitrogen and oxygen atoms in total. The van der Waals surface area contributed by atoms with Gasteiger partial charge in [-0.2, -0.15) is 0 Å². The summed E-state index contributed by atoms with van der Waals surface area (Å²) >= 11 is 0. The normalized spacial score (nSPS) is 41.5. The van der Waals surface area contributed by atoms with Crippen LogP contribution in [-0.2, 0) is 15.9 Å². The van der Waals surface area contributed by atoms with E-state index in [4.69, 9.17) is 18.6 Å². The van der Waals surface area contributed by atoms with Gasteiger partial charge in [0.1, 0.15) is 17.1 Å². The molecule has 2 saturated carbocycles. The minimum atomic E-state index is -0.808. The van der Waals surface area contributed by atoms with Gasteiger partial charge in [0, 0.05) is 35.4 Å². The Morgan fingerprint density at radius 2 is 1.91 bits per heavy atom. The number of pyridine rings is 1. The molecule has 7 atom stereocenters. The fraction of sp³-hybridized carbons (Fsp3) is 0.643. The number of hydrogen-bond acceptors (Lipinski definition) is 7. The molecule has 2 aromatic rings. The van der Waals surface area contributed by atoms with Crippen LogP contribution in [0.1, 0.15) is 59.4 Å². The highest BCUT2D eigenvalue weighted by atomic mass is 16.7. The third kappa shape index (κ3) is 3.27. The molecule has 0 amide bonds. The summed E-state index contributed by atoms with van der Waals surface area (Å²) in [6.45, 7) is 11.1. The van der Waals surface area contributed by atoms with Crippen LogP contribution in [0, 0.1) is 22.7 Å². The van der Waals surface area contributed by atoms with E-state index in [0.717, 1.165) is 12.8 Å². The Bertz CT molecular complexity index is 1210. The lowest BCUT2D eigenvalue weighted by molar-refractivity contribution is -0.354. The summed E-state index contributed by atoms with van der Waals surface area (Å²) in [5.41, 5.74) is -0.296. The smallest absolute Gasteiger partial charge is 0.343 e. The van der Waals surface area contributed by atoms with E-state index in [9.17, 15) is 9.90 Å². The zero-order valence-electron chi connectivity index (χ0n) is 21.2. The molecule has 35 heavy (non-hydrogen) atoms. The molecule has 2 aliphatic carbocycles. The summed E-state index contributed by atoms with van der Waals surface area (Å²) in [6.07, 6.45) is 5.71. The second-order valence-corrected chi connectivity index (χ2v) is 12.2. The van der Waals surface area contributed by atoms with Crippen LogP contribution in [0.4, 0.5) is 0 Å². The van der Waals surface area contributed by atoms with E-state index in [1.54, 1.807) is 24.5 Å². The van der Waals surface area contributed by atoms with Crippen molar-refractivity contribution < 1.29 is 23.7 Å². The van der Waals surface area contributed by atoms with Crippen molar-refractivity contribution in [2.24, 2.45) is 22.7 Å². The average molecular weight is 482 g/mol. The number of aliphatic hydroxyl groups is 1. The molecule has 0 spiro atoms. The van der Waals surface area contributed by atoms with Gasteiger partial charge in [-0.15, -0.1) is 0 Å². The maximum Gasteiger partial charge on any atom is 0.343 e. The lowest BCUT2D eigenvalue weighted by atomic mass is 9.43. The lowest BCUT2D eigenvalue weighted by Crippen LogP contribution is -2.71. The van der Waals surface area contributed by atoms with E-state index >= 15 is 0 Å². The lowest BCUT2D eigenvalue weighted by Gasteiger charge is -2.67. The Morgan fingerprint density at radius 1 is 1.11 bits per heavy atom. The van der Waals surface area contributed by atoms with E-state index in [0.29, 0.717) is 42.1 Å². The fourth-order valence-electron chi connectivity index (χ4n) is 7.76. The van der Waals surface area contributed by atoms with Crippen LogP contribution in [0.5, 0.6) is 5.75 Å². The number of nitrogens with zero attached hydrogens (tertiary/aromatic N) is 1. The first-order valence-electron chi connectivity index (χ1n) is 12.7. The molecule has 6 rings (SSSR count). The van der Waals surface area contributed by atoms with Gasteiger partial charge in [0.2, 0.25) is 0 Å². The predicted molar refractivity (Wildman–Crippen MR) is 129 cm³/mol. The van der Waals surface area contributed by atoms with Gasteiger partial charge in [0.05, 0.1) is 24.4 Å². The molecule has 0 radical (unpaired) electrons. The third-order valence-corrected chi connectivity index (χ3v) is 9.73. The molecule has 2 aliphatic heterocycles. The first-order chi connectivity index (χ1) is 16.5. The van der Waals surface area contributed by atoms with Crippen molar-refractivity contribution in [3.8, 4) is 17.1 Å². The third-order valence-electron chi connectivity index (χ3n) is 9.73. The predicted octanol–water partition coefficient (Wildman–Crippen LogP) is 4.35. The SMILES string of the molecule is CC1(C)OC[C@@]2(C)[C@@H]3C[C@H](O)[C@@]4(C)Oc5cc(-c6cccnc6)oc(=O)c5C[C@@H]4[C@@]3(C)CC[C@@H]2O1. The minimum Gasteiger partial charge on any atom is -0.484 e. The average Bonchev–Trinajstić information content (AvgIpc) is 2.81. The maximum atomic E-state index is 13.2. The molecule has 4 aliphatic rings. The fourth-order valence-corrected chi connectivity index (χ4v) is 7.76. The second-order valence-electron chi connectivity index (χ2n) is 12.2. The zero-order chi connectivity index (χ0) is 24.8. The van der Waals surface area contributed by atoms with Gasteiger partial charge in [0.15, 0.2) is 5.79 Å². The minimum absolute atomic E-state index is 0.0453. The molecule has 0 aromatic carbocycles. The van der Waals surface area contributed by atoms with Gasteiger partial charge in [-0.25, -0.2) is 4.79 Å². The topological polar surface area (TPSA) is 91.0 Å². The first kappa shape index (κ1) is 23.2. The molecule has 4 heterocycles. The molecule has 3 fully saturated rings. The van der Waals surface area contributed by atoms with Crippen LogP contribution in [0.25, 0.3) is 11.3 Å². The Hall–Kier alpha value is -2.22. The summed E-state index contributed by atoms with van der Waals surface area (Å²) < 4.78 is 24.9. The van der Waals surface area contributed by atoms with Gasteiger partial charge in [0.25, 0.3) is 0 Å².